The van der Waals surface area contributed by atoms with Crippen molar-refractivity contribution in [1.29, 1.82) is 0 Å². The number of esters is 1. The van der Waals surface area contributed by atoms with E-state index in [1.165, 1.54) is 23.9 Å². The van der Waals surface area contributed by atoms with E-state index in [2.05, 4.69) is 9.72 Å². The molecule has 0 N–H and O–H groups in total. The summed E-state index contributed by atoms with van der Waals surface area (Å²) in [5, 5.41) is 0.0167. The van der Waals surface area contributed by atoms with Crippen molar-refractivity contribution in [2.75, 3.05) is 26.8 Å². The van der Waals surface area contributed by atoms with E-state index >= 15 is 0 Å². The van der Waals surface area contributed by atoms with Crippen molar-refractivity contribution in [3.8, 4) is 0 Å². The molecule has 1 unspecified atom stereocenters. The standard InChI is InChI=1S/C12H19N3O5S/c1-3-14-8-11(13-9-14)21(17,18)15-4-5-20-10(7-15)6-12(16)19-2/h8-10H,3-7H2,1-2H3. The van der Waals surface area contributed by atoms with Crippen LogP contribution in [0.4, 0.5) is 0 Å². The number of carbonyl (C=O) groups is 1. The van der Waals surface area contributed by atoms with Crippen LogP contribution in [0.15, 0.2) is 17.6 Å². The van der Waals surface area contributed by atoms with Gasteiger partial charge in [-0.2, -0.15) is 4.31 Å². The van der Waals surface area contributed by atoms with Crippen LogP contribution in [-0.2, 0) is 30.8 Å². The molecule has 118 valence electrons. The lowest BCUT2D eigenvalue weighted by molar-refractivity contribution is -0.145. The third-order valence-corrected chi connectivity index (χ3v) is 5.05. The molecular formula is C12H19N3O5S. The molecule has 21 heavy (non-hydrogen) atoms. The fourth-order valence-corrected chi connectivity index (χ4v) is 3.47. The summed E-state index contributed by atoms with van der Waals surface area (Å²) in [4.78, 5) is 15.2. The zero-order chi connectivity index (χ0) is 15.5. The molecule has 0 aromatic carbocycles. The first-order valence-electron chi connectivity index (χ1n) is 6.67. The molecule has 0 saturated carbocycles. The Morgan fingerprint density at radius 1 is 1.57 bits per heavy atom. The van der Waals surface area contributed by atoms with Crippen molar-refractivity contribution in [2.45, 2.75) is 31.0 Å². The van der Waals surface area contributed by atoms with Gasteiger partial charge in [0.25, 0.3) is 10.0 Å². The van der Waals surface area contributed by atoms with E-state index in [9.17, 15) is 13.2 Å². The highest BCUT2D eigenvalue weighted by molar-refractivity contribution is 7.89. The van der Waals surface area contributed by atoms with Gasteiger partial charge >= 0.3 is 5.97 Å². The summed E-state index contributed by atoms with van der Waals surface area (Å²) in [7, 11) is -2.37. The summed E-state index contributed by atoms with van der Waals surface area (Å²) in [5.41, 5.74) is 0. The molecule has 0 amide bonds. The number of hydrogen-bond acceptors (Lipinski definition) is 6. The van der Waals surface area contributed by atoms with Crippen LogP contribution in [0.3, 0.4) is 0 Å². The van der Waals surface area contributed by atoms with Crippen molar-refractivity contribution in [2.24, 2.45) is 0 Å². The fraction of sp³-hybridized carbons (Fsp3) is 0.667. The van der Waals surface area contributed by atoms with Crippen LogP contribution in [-0.4, -0.2) is 61.2 Å². The van der Waals surface area contributed by atoms with Gasteiger partial charge < -0.3 is 14.0 Å². The van der Waals surface area contributed by atoms with E-state index in [-0.39, 0.29) is 31.1 Å². The van der Waals surface area contributed by atoms with Crippen LogP contribution in [0.2, 0.25) is 0 Å². The molecule has 8 nitrogen and oxygen atoms in total. The lowest BCUT2D eigenvalue weighted by atomic mass is 10.2. The summed E-state index contributed by atoms with van der Waals surface area (Å²) in [6, 6.07) is 0. The van der Waals surface area contributed by atoms with Crippen molar-refractivity contribution >= 4 is 16.0 Å². The number of methoxy groups -OCH3 is 1. The summed E-state index contributed by atoms with van der Waals surface area (Å²) in [6.45, 7) is 3.17. The Hall–Kier alpha value is -1.45. The highest BCUT2D eigenvalue weighted by atomic mass is 32.2. The Morgan fingerprint density at radius 3 is 2.95 bits per heavy atom. The molecule has 1 aromatic heterocycles. The molecule has 0 spiro atoms. The second-order valence-electron chi connectivity index (χ2n) is 4.68. The smallest absolute Gasteiger partial charge is 0.308 e. The van der Waals surface area contributed by atoms with E-state index in [4.69, 9.17) is 4.74 Å². The summed E-state index contributed by atoms with van der Waals surface area (Å²) in [5.74, 6) is -0.422. The third kappa shape index (κ3) is 3.60. The first kappa shape index (κ1) is 15.9. The maximum absolute atomic E-state index is 12.5. The minimum atomic E-state index is -3.66. The molecule has 9 heteroatoms. The van der Waals surface area contributed by atoms with E-state index in [1.54, 1.807) is 4.57 Å². The van der Waals surface area contributed by atoms with Gasteiger partial charge in [-0.25, -0.2) is 13.4 Å². The van der Waals surface area contributed by atoms with Crippen molar-refractivity contribution in [3.63, 3.8) is 0 Å². The van der Waals surface area contributed by atoms with Gasteiger partial charge in [-0.3, -0.25) is 4.79 Å². The minimum Gasteiger partial charge on any atom is -0.469 e. The Morgan fingerprint density at radius 2 is 2.33 bits per heavy atom. The van der Waals surface area contributed by atoms with Crippen LogP contribution >= 0.6 is 0 Å². The highest BCUT2D eigenvalue weighted by Gasteiger charge is 2.33. The number of hydrogen-bond donors (Lipinski definition) is 0. The number of carbonyl (C=O) groups excluding carboxylic acids is 1. The van der Waals surface area contributed by atoms with E-state index in [0.717, 1.165) is 0 Å². The molecule has 2 rings (SSSR count). The predicted octanol–water partition coefficient (Wildman–Crippen LogP) is -0.144. The fourth-order valence-electron chi connectivity index (χ4n) is 2.08. The number of morpholine rings is 1. The first-order chi connectivity index (χ1) is 9.97. The zero-order valence-corrected chi connectivity index (χ0v) is 12.9. The number of aryl methyl sites for hydroxylation is 1. The number of sulfonamides is 1. The second-order valence-corrected chi connectivity index (χ2v) is 6.56. The molecule has 0 bridgehead atoms. The topological polar surface area (TPSA) is 90.7 Å². The molecule has 1 saturated heterocycles. The lowest BCUT2D eigenvalue weighted by Crippen LogP contribution is -2.46. The quantitative estimate of drug-likeness (QED) is 0.702. The molecule has 1 aliphatic heterocycles. The maximum atomic E-state index is 12.5. The number of imidazole rings is 1. The SMILES string of the molecule is CCn1cnc(S(=O)(=O)N2CCOC(CC(=O)OC)C2)c1. The van der Waals surface area contributed by atoms with Crippen molar-refractivity contribution in [3.05, 3.63) is 12.5 Å². The maximum Gasteiger partial charge on any atom is 0.308 e. The average molecular weight is 317 g/mol. The Kier molecular flexibility index (Phi) is 4.96. The van der Waals surface area contributed by atoms with Gasteiger partial charge in [0.15, 0.2) is 5.03 Å². The third-order valence-electron chi connectivity index (χ3n) is 3.30. The van der Waals surface area contributed by atoms with Gasteiger partial charge in [-0.05, 0) is 6.92 Å². The average Bonchev–Trinajstić information content (AvgIpc) is 2.97. The first-order valence-corrected chi connectivity index (χ1v) is 8.11. The number of nitrogens with zero attached hydrogens (tertiary/aromatic N) is 3. The van der Waals surface area contributed by atoms with E-state index in [1.807, 2.05) is 6.92 Å². The normalized spacial score (nSPS) is 20.4. The van der Waals surface area contributed by atoms with E-state index in [0.29, 0.717) is 6.54 Å². The summed E-state index contributed by atoms with van der Waals surface area (Å²) >= 11 is 0. The molecule has 0 radical (unpaired) electrons. The minimum absolute atomic E-state index is 0.0167. The summed E-state index contributed by atoms with van der Waals surface area (Å²) in [6.07, 6.45) is 2.53. The predicted molar refractivity (Wildman–Crippen MR) is 73.0 cm³/mol. The van der Waals surface area contributed by atoms with Gasteiger partial charge in [-0.15, -0.1) is 0 Å². The van der Waals surface area contributed by atoms with Crippen LogP contribution in [0.1, 0.15) is 13.3 Å². The van der Waals surface area contributed by atoms with Gasteiger partial charge in [0.2, 0.25) is 0 Å². The molecular weight excluding hydrogens is 298 g/mol. The summed E-state index contributed by atoms with van der Waals surface area (Å²) < 4.78 is 38.0. The Balaban J connectivity index is 2.10. The van der Waals surface area contributed by atoms with Gasteiger partial charge in [0.05, 0.1) is 32.6 Å². The second kappa shape index (κ2) is 6.54. The number of aromatic nitrogens is 2. The van der Waals surface area contributed by atoms with Crippen LogP contribution in [0.25, 0.3) is 0 Å². The molecule has 1 aliphatic rings. The molecule has 2 heterocycles. The Bertz CT molecular complexity index is 598. The van der Waals surface area contributed by atoms with Crippen molar-refractivity contribution in [1.82, 2.24) is 13.9 Å². The molecule has 1 fully saturated rings. The van der Waals surface area contributed by atoms with Crippen LogP contribution in [0, 0.1) is 0 Å². The molecule has 1 atom stereocenters. The lowest BCUT2D eigenvalue weighted by Gasteiger charge is -2.31. The van der Waals surface area contributed by atoms with Crippen LogP contribution in [0.5, 0.6) is 0 Å². The molecule has 0 aliphatic carbocycles. The Labute approximate surface area is 123 Å². The zero-order valence-electron chi connectivity index (χ0n) is 12.1. The largest absolute Gasteiger partial charge is 0.469 e. The van der Waals surface area contributed by atoms with Gasteiger partial charge in [-0.1, -0.05) is 0 Å². The van der Waals surface area contributed by atoms with Crippen LogP contribution < -0.4 is 0 Å². The van der Waals surface area contributed by atoms with Crippen molar-refractivity contribution < 1.29 is 22.7 Å². The van der Waals surface area contributed by atoms with Gasteiger partial charge in [0, 0.05) is 25.8 Å². The molecule has 1 aromatic rings. The highest BCUT2D eigenvalue weighted by Crippen LogP contribution is 2.18. The van der Waals surface area contributed by atoms with Gasteiger partial charge in [0.1, 0.15) is 0 Å². The monoisotopic (exact) mass is 317 g/mol. The van der Waals surface area contributed by atoms with E-state index < -0.39 is 22.1 Å². The number of ether oxygens (including phenoxy) is 2. The number of rotatable bonds is 5.